The highest BCUT2D eigenvalue weighted by atomic mass is 19.1. The molecule has 3 aromatic rings. The van der Waals surface area contributed by atoms with Gasteiger partial charge in [-0.3, -0.25) is 0 Å². The van der Waals surface area contributed by atoms with Gasteiger partial charge in [-0.05, 0) is 71.8 Å². The summed E-state index contributed by atoms with van der Waals surface area (Å²) in [6, 6.07) is 20.3. The number of methoxy groups -OCH3 is 1. The van der Waals surface area contributed by atoms with E-state index in [1.54, 1.807) is 6.21 Å². The van der Waals surface area contributed by atoms with E-state index in [2.05, 4.69) is 5.16 Å². The largest absolute Gasteiger partial charge is 0.493 e. The maximum absolute atomic E-state index is 12.9. The molecule has 0 saturated heterocycles. The molecular weight excluding hydrogens is 441 g/mol. The van der Waals surface area contributed by atoms with Crippen LogP contribution in [-0.4, -0.2) is 43.7 Å². The molecule has 0 aromatic heterocycles. The van der Waals surface area contributed by atoms with Crippen LogP contribution >= 0.6 is 0 Å². The van der Waals surface area contributed by atoms with Crippen LogP contribution in [0.25, 0.3) is 0 Å². The molecule has 0 saturated carbocycles. The van der Waals surface area contributed by atoms with Crippen LogP contribution in [-0.2, 0) is 16.0 Å². The molecule has 0 aliphatic carbocycles. The number of carbonyl (C=O) groups is 1. The van der Waals surface area contributed by atoms with Crippen LogP contribution in [0.5, 0.6) is 17.2 Å². The Kier molecular flexibility index (Phi) is 9.42. The topological polar surface area (TPSA) is 86.6 Å². The molecular formula is C26H26FNO6. The number of oxime groups is 1. The van der Waals surface area contributed by atoms with Crippen molar-refractivity contribution in [1.82, 2.24) is 0 Å². The first kappa shape index (κ1) is 24.7. The SMILES string of the molecule is CO[C@@H](Cc1ccc(OCCCOc2ccc(C=NOc3ccc(F)cc3)cc2)cc1)C(=O)O. The van der Waals surface area contributed by atoms with Gasteiger partial charge in [0.25, 0.3) is 0 Å². The number of ether oxygens (including phenoxy) is 3. The average molecular weight is 467 g/mol. The maximum atomic E-state index is 12.9. The van der Waals surface area contributed by atoms with Crippen molar-refractivity contribution >= 4 is 12.2 Å². The third-order valence-electron chi connectivity index (χ3n) is 4.78. The van der Waals surface area contributed by atoms with E-state index in [0.717, 1.165) is 16.9 Å². The number of carboxylic acid groups (broad SMARTS) is 1. The lowest BCUT2D eigenvalue weighted by molar-refractivity contribution is -0.148. The molecule has 3 aromatic carbocycles. The fourth-order valence-electron chi connectivity index (χ4n) is 2.94. The summed E-state index contributed by atoms with van der Waals surface area (Å²) in [7, 11) is 1.38. The average Bonchev–Trinajstić information content (AvgIpc) is 2.85. The Hall–Kier alpha value is -3.91. The number of halogens is 1. The highest BCUT2D eigenvalue weighted by molar-refractivity contribution is 5.79. The minimum absolute atomic E-state index is 0.297. The summed E-state index contributed by atoms with van der Waals surface area (Å²) < 4.78 is 29.2. The van der Waals surface area contributed by atoms with E-state index >= 15 is 0 Å². The Balaban J connectivity index is 1.33. The zero-order valence-electron chi connectivity index (χ0n) is 18.7. The van der Waals surface area contributed by atoms with Crippen molar-refractivity contribution in [3.63, 3.8) is 0 Å². The molecule has 0 amide bonds. The Morgan fingerprint density at radius 2 is 1.47 bits per heavy atom. The lowest BCUT2D eigenvalue weighted by Crippen LogP contribution is -2.24. The van der Waals surface area contributed by atoms with E-state index < -0.39 is 12.1 Å². The number of carboxylic acids is 1. The van der Waals surface area contributed by atoms with Gasteiger partial charge in [-0.2, -0.15) is 0 Å². The molecule has 178 valence electrons. The van der Waals surface area contributed by atoms with Crippen LogP contribution in [0.2, 0.25) is 0 Å². The Morgan fingerprint density at radius 3 is 2.03 bits per heavy atom. The molecule has 0 unspecified atom stereocenters. The molecule has 0 fully saturated rings. The lowest BCUT2D eigenvalue weighted by atomic mass is 10.1. The molecule has 7 nitrogen and oxygen atoms in total. The Labute approximate surface area is 197 Å². The van der Waals surface area contributed by atoms with Gasteiger partial charge >= 0.3 is 5.97 Å². The summed E-state index contributed by atoms with van der Waals surface area (Å²) in [5.41, 5.74) is 1.70. The van der Waals surface area contributed by atoms with Gasteiger partial charge < -0.3 is 24.2 Å². The zero-order valence-corrected chi connectivity index (χ0v) is 18.7. The van der Waals surface area contributed by atoms with Gasteiger partial charge in [0, 0.05) is 20.0 Å². The summed E-state index contributed by atoms with van der Waals surface area (Å²) in [4.78, 5) is 16.2. The van der Waals surface area contributed by atoms with Crippen molar-refractivity contribution in [2.24, 2.45) is 5.16 Å². The maximum Gasteiger partial charge on any atom is 0.333 e. The van der Waals surface area contributed by atoms with Crippen molar-refractivity contribution < 1.29 is 33.3 Å². The van der Waals surface area contributed by atoms with Crippen molar-refractivity contribution in [1.29, 1.82) is 0 Å². The van der Waals surface area contributed by atoms with Crippen molar-refractivity contribution in [3.8, 4) is 17.2 Å². The lowest BCUT2D eigenvalue weighted by Gasteiger charge is -2.11. The van der Waals surface area contributed by atoms with E-state index in [0.29, 0.717) is 37.6 Å². The van der Waals surface area contributed by atoms with Crippen molar-refractivity contribution in [3.05, 3.63) is 89.7 Å². The van der Waals surface area contributed by atoms with E-state index in [1.165, 1.54) is 31.4 Å². The fraction of sp³-hybridized carbons (Fsp3) is 0.231. The van der Waals surface area contributed by atoms with E-state index in [4.69, 9.17) is 24.2 Å². The smallest absolute Gasteiger partial charge is 0.333 e. The fourth-order valence-corrected chi connectivity index (χ4v) is 2.94. The first-order valence-electron chi connectivity index (χ1n) is 10.7. The van der Waals surface area contributed by atoms with Crippen molar-refractivity contribution in [2.45, 2.75) is 18.9 Å². The Bertz CT molecular complexity index is 1050. The van der Waals surface area contributed by atoms with Gasteiger partial charge in [0.15, 0.2) is 11.9 Å². The van der Waals surface area contributed by atoms with Crippen LogP contribution in [0, 0.1) is 5.82 Å². The Morgan fingerprint density at radius 1 is 0.912 bits per heavy atom. The third-order valence-corrected chi connectivity index (χ3v) is 4.78. The number of benzene rings is 3. The van der Waals surface area contributed by atoms with Gasteiger partial charge in [-0.25, -0.2) is 9.18 Å². The predicted octanol–water partition coefficient (Wildman–Crippen LogP) is 4.73. The third kappa shape index (κ3) is 8.22. The second-order valence-electron chi connectivity index (χ2n) is 7.31. The molecule has 0 heterocycles. The van der Waals surface area contributed by atoms with Gasteiger partial charge in [0.2, 0.25) is 0 Å². The molecule has 0 aliphatic heterocycles. The number of aliphatic carboxylic acids is 1. The number of nitrogens with zero attached hydrogens (tertiary/aromatic N) is 1. The number of hydrogen-bond donors (Lipinski definition) is 1. The highest BCUT2D eigenvalue weighted by Crippen LogP contribution is 2.16. The molecule has 0 bridgehead atoms. The van der Waals surface area contributed by atoms with Gasteiger partial charge in [0.1, 0.15) is 17.3 Å². The first-order valence-corrected chi connectivity index (χ1v) is 10.7. The van der Waals surface area contributed by atoms with Gasteiger partial charge in [0.05, 0.1) is 19.4 Å². The molecule has 0 aliphatic rings. The van der Waals surface area contributed by atoms with E-state index in [9.17, 15) is 9.18 Å². The second kappa shape index (κ2) is 13.0. The monoisotopic (exact) mass is 467 g/mol. The van der Waals surface area contributed by atoms with Gasteiger partial charge in [-0.1, -0.05) is 17.3 Å². The molecule has 8 heteroatoms. The van der Waals surface area contributed by atoms with Crippen LogP contribution in [0.3, 0.4) is 0 Å². The summed E-state index contributed by atoms with van der Waals surface area (Å²) in [6.45, 7) is 0.980. The number of hydrogen-bond acceptors (Lipinski definition) is 6. The summed E-state index contributed by atoms with van der Waals surface area (Å²) in [6.07, 6.45) is 1.69. The molecule has 0 spiro atoms. The summed E-state index contributed by atoms with van der Waals surface area (Å²) >= 11 is 0. The minimum Gasteiger partial charge on any atom is -0.493 e. The normalized spacial score (nSPS) is 11.8. The molecule has 0 radical (unpaired) electrons. The molecule has 34 heavy (non-hydrogen) atoms. The summed E-state index contributed by atoms with van der Waals surface area (Å²) in [5.74, 6) is 0.574. The zero-order chi connectivity index (χ0) is 24.2. The van der Waals surface area contributed by atoms with Crippen LogP contribution in [0.15, 0.2) is 78.0 Å². The van der Waals surface area contributed by atoms with E-state index in [1.807, 2.05) is 48.5 Å². The van der Waals surface area contributed by atoms with E-state index in [-0.39, 0.29) is 5.82 Å². The van der Waals surface area contributed by atoms with Crippen LogP contribution in [0.1, 0.15) is 17.5 Å². The van der Waals surface area contributed by atoms with Crippen LogP contribution in [0.4, 0.5) is 4.39 Å². The molecule has 1 N–H and O–H groups in total. The van der Waals surface area contributed by atoms with Crippen LogP contribution < -0.4 is 14.3 Å². The second-order valence-corrected chi connectivity index (χ2v) is 7.31. The molecule has 3 rings (SSSR count). The van der Waals surface area contributed by atoms with Crippen molar-refractivity contribution in [2.75, 3.05) is 20.3 Å². The standard InChI is InChI=1S/C26H26FNO6/c1-31-25(26(29)30)17-19-3-9-22(10-4-19)32-15-2-16-33-23-11-5-20(6-12-23)18-28-34-24-13-7-21(27)8-14-24/h3-14,18,25H,2,15-17H2,1H3,(H,29,30)/t25-/m0/s1. The summed E-state index contributed by atoms with van der Waals surface area (Å²) in [5, 5.41) is 12.9. The highest BCUT2D eigenvalue weighted by Gasteiger charge is 2.16. The van der Waals surface area contributed by atoms with Gasteiger partial charge in [-0.15, -0.1) is 0 Å². The number of rotatable bonds is 13. The molecule has 1 atom stereocenters. The predicted molar refractivity (Wildman–Crippen MR) is 125 cm³/mol. The first-order chi connectivity index (χ1) is 16.5. The minimum atomic E-state index is -0.985. The quantitative estimate of drug-likeness (QED) is 0.222.